The number of rotatable bonds is 6. The molecule has 144 valence electrons. The first kappa shape index (κ1) is 19.6. The number of imidazole rings is 1. The Hall–Kier alpha value is -3.18. The zero-order valence-corrected chi connectivity index (χ0v) is 16.2. The fourth-order valence-electron chi connectivity index (χ4n) is 2.48. The molecule has 5 N–H and O–H groups in total. The summed E-state index contributed by atoms with van der Waals surface area (Å²) in [6.45, 7) is 0. The number of nitrogens with one attached hydrogen (secondary N) is 2. The van der Waals surface area contributed by atoms with Crippen molar-refractivity contribution in [2.75, 3.05) is 5.32 Å². The standard InChI is InChI=1S/C16H12BrClN6O4/c17-10-11(16(27)28)23-24(12(13(19)25)9-5-20-6-21-9)14(10)22-15(26)7-3-1-2-4-8(7)18/h1-6,12H,(H2,19,25)(H,20,21)(H,22,26)(H,27,28). The Morgan fingerprint density at radius 1 is 1.32 bits per heavy atom. The smallest absolute Gasteiger partial charge is 0.357 e. The van der Waals surface area contributed by atoms with Crippen molar-refractivity contribution in [3.63, 3.8) is 0 Å². The van der Waals surface area contributed by atoms with E-state index in [9.17, 15) is 19.5 Å². The van der Waals surface area contributed by atoms with E-state index >= 15 is 0 Å². The van der Waals surface area contributed by atoms with Crippen LogP contribution >= 0.6 is 27.5 Å². The Morgan fingerprint density at radius 2 is 2.04 bits per heavy atom. The number of amides is 2. The number of hydrogen-bond acceptors (Lipinski definition) is 5. The molecule has 28 heavy (non-hydrogen) atoms. The van der Waals surface area contributed by atoms with Gasteiger partial charge in [0.1, 0.15) is 5.82 Å². The summed E-state index contributed by atoms with van der Waals surface area (Å²) in [7, 11) is 0. The van der Waals surface area contributed by atoms with E-state index in [-0.39, 0.29) is 26.6 Å². The second-order valence-corrected chi connectivity index (χ2v) is 6.69. The number of benzene rings is 1. The molecule has 1 atom stereocenters. The molecule has 1 unspecified atom stereocenters. The maximum atomic E-state index is 12.7. The Labute approximate surface area is 170 Å². The predicted octanol–water partition coefficient (Wildman–Crippen LogP) is 2.05. The molecular formula is C16H12BrClN6O4. The van der Waals surface area contributed by atoms with Crippen LogP contribution in [0.1, 0.15) is 32.6 Å². The number of aromatic amines is 1. The van der Waals surface area contributed by atoms with Crippen molar-refractivity contribution < 1.29 is 19.5 Å². The van der Waals surface area contributed by atoms with E-state index in [1.165, 1.54) is 24.7 Å². The lowest BCUT2D eigenvalue weighted by Crippen LogP contribution is -2.30. The minimum atomic E-state index is -1.37. The zero-order valence-electron chi connectivity index (χ0n) is 13.9. The van der Waals surface area contributed by atoms with Gasteiger partial charge in [0.05, 0.1) is 27.1 Å². The third-order valence-corrected chi connectivity index (χ3v) is 4.80. The van der Waals surface area contributed by atoms with Crippen LogP contribution in [0.5, 0.6) is 0 Å². The lowest BCUT2D eigenvalue weighted by atomic mass is 10.2. The highest BCUT2D eigenvalue weighted by Crippen LogP contribution is 2.32. The number of nitrogens with two attached hydrogens (primary N) is 1. The van der Waals surface area contributed by atoms with Gasteiger partial charge in [-0.25, -0.2) is 14.5 Å². The van der Waals surface area contributed by atoms with Gasteiger partial charge in [-0.15, -0.1) is 0 Å². The van der Waals surface area contributed by atoms with Crippen LogP contribution in [0.25, 0.3) is 0 Å². The van der Waals surface area contributed by atoms with E-state index in [4.69, 9.17) is 17.3 Å². The molecule has 0 aliphatic rings. The summed E-state index contributed by atoms with van der Waals surface area (Å²) in [5.41, 5.74) is 5.40. The van der Waals surface area contributed by atoms with Crippen molar-refractivity contribution in [3.05, 3.63) is 63.2 Å². The molecule has 0 saturated heterocycles. The topological polar surface area (TPSA) is 156 Å². The molecule has 0 radical (unpaired) electrons. The second kappa shape index (κ2) is 7.82. The van der Waals surface area contributed by atoms with Crippen LogP contribution in [-0.4, -0.2) is 42.6 Å². The quantitative estimate of drug-likeness (QED) is 0.435. The molecule has 3 aromatic rings. The number of carbonyl (C=O) groups excluding carboxylic acids is 2. The Bertz CT molecular complexity index is 1070. The monoisotopic (exact) mass is 466 g/mol. The second-order valence-electron chi connectivity index (χ2n) is 5.49. The average Bonchev–Trinajstić information content (AvgIpc) is 3.26. The largest absolute Gasteiger partial charge is 0.476 e. The number of carbonyl (C=O) groups is 3. The number of H-pyrrole nitrogens is 1. The maximum Gasteiger partial charge on any atom is 0.357 e. The molecule has 3 rings (SSSR count). The fraction of sp³-hybridized carbons (Fsp3) is 0.0625. The van der Waals surface area contributed by atoms with Gasteiger partial charge in [0.15, 0.2) is 11.7 Å². The minimum absolute atomic E-state index is 0.0396. The molecule has 0 bridgehead atoms. The van der Waals surface area contributed by atoms with E-state index in [0.717, 1.165) is 4.68 Å². The van der Waals surface area contributed by atoms with Crippen molar-refractivity contribution in [1.29, 1.82) is 0 Å². The van der Waals surface area contributed by atoms with Gasteiger partial charge in [0.25, 0.3) is 5.91 Å². The summed E-state index contributed by atoms with van der Waals surface area (Å²) < 4.78 is 0.947. The van der Waals surface area contributed by atoms with Gasteiger partial charge < -0.3 is 21.1 Å². The summed E-state index contributed by atoms with van der Waals surface area (Å²) in [6.07, 6.45) is 2.73. The molecular weight excluding hydrogens is 456 g/mol. The van der Waals surface area contributed by atoms with Gasteiger partial charge in [-0.1, -0.05) is 23.7 Å². The van der Waals surface area contributed by atoms with E-state index in [1.54, 1.807) is 12.1 Å². The van der Waals surface area contributed by atoms with Gasteiger partial charge in [0.2, 0.25) is 5.91 Å². The summed E-state index contributed by atoms with van der Waals surface area (Å²) >= 11 is 9.15. The minimum Gasteiger partial charge on any atom is -0.476 e. The number of carboxylic acids is 1. The van der Waals surface area contributed by atoms with Crippen LogP contribution < -0.4 is 11.1 Å². The number of nitrogens with zero attached hydrogens (tertiary/aromatic N) is 3. The van der Waals surface area contributed by atoms with Gasteiger partial charge >= 0.3 is 5.97 Å². The number of halogens is 2. The number of aromatic carboxylic acids is 1. The van der Waals surface area contributed by atoms with E-state index < -0.39 is 29.5 Å². The van der Waals surface area contributed by atoms with Gasteiger partial charge in [-0.3, -0.25) is 9.59 Å². The first-order valence-electron chi connectivity index (χ1n) is 7.66. The van der Waals surface area contributed by atoms with E-state index in [2.05, 4.69) is 36.3 Å². The number of anilines is 1. The van der Waals surface area contributed by atoms with Crippen LogP contribution in [0.15, 0.2) is 41.3 Å². The normalized spacial score (nSPS) is 11.8. The molecule has 0 aliphatic heterocycles. The first-order chi connectivity index (χ1) is 13.3. The zero-order chi connectivity index (χ0) is 20.4. The highest BCUT2D eigenvalue weighted by molar-refractivity contribution is 9.10. The van der Waals surface area contributed by atoms with Crippen molar-refractivity contribution >= 4 is 51.1 Å². The molecule has 12 heteroatoms. The Kier molecular flexibility index (Phi) is 5.47. The van der Waals surface area contributed by atoms with Crippen LogP contribution in [-0.2, 0) is 4.79 Å². The van der Waals surface area contributed by atoms with Crippen molar-refractivity contribution in [2.24, 2.45) is 5.73 Å². The number of carboxylic acid groups (broad SMARTS) is 1. The molecule has 0 fully saturated rings. The highest BCUT2D eigenvalue weighted by atomic mass is 79.9. The molecule has 10 nitrogen and oxygen atoms in total. The molecule has 2 heterocycles. The van der Waals surface area contributed by atoms with Crippen molar-refractivity contribution in [3.8, 4) is 0 Å². The van der Waals surface area contributed by atoms with Crippen LogP contribution in [0.3, 0.4) is 0 Å². The molecule has 1 aromatic carbocycles. The summed E-state index contributed by atoms with van der Waals surface area (Å²) in [4.78, 5) is 42.9. The third-order valence-electron chi connectivity index (χ3n) is 3.72. The number of hydrogen-bond donors (Lipinski definition) is 4. The SMILES string of the molecule is NC(=O)C(c1c[nH]cn1)n1nc(C(=O)O)c(Br)c1NC(=O)c1ccccc1Cl. The summed E-state index contributed by atoms with van der Waals surface area (Å²) in [5.74, 6) is -2.94. The number of primary amides is 1. The lowest BCUT2D eigenvalue weighted by molar-refractivity contribution is -0.120. The summed E-state index contributed by atoms with van der Waals surface area (Å²) in [6, 6.07) is 5.02. The lowest BCUT2D eigenvalue weighted by Gasteiger charge is -2.16. The molecule has 2 amide bonds. The van der Waals surface area contributed by atoms with Crippen molar-refractivity contribution in [2.45, 2.75) is 6.04 Å². The molecule has 0 spiro atoms. The Balaban J connectivity index is 2.12. The average molecular weight is 468 g/mol. The van der Waals surface area contributed by atoms with Gasteiger partial charge in [-0.2, -0.15) is 5.10 Å². The number of aromatic nitrogens is 4. The molecule has 0 saturated carbocycles. The van der Waals surface area contributed by atoms with Crippen LogP contribution in [0.2, 0.25) is 5.02 Å². The summed E-state index contributed by atoms with van der Waals surface area (Å²) in [5, 5.41) is 16.0. The van der Waals surface area contributed by atoms with E-state index in [0.29, 0.717) is 0 Å². The van der Waals surface area contributed by atoms with Gasteiger partial charge in [-0.05, 0) is 28.1 Å². The van der Waals surface area contributed by atoms with Gasteiger partial charge in [0, 0.05) is 6.20 Å². The van der Waals surface area contributed by atoms with Crippen LogP contribution in [0.4, 0.5) is 5.82 Å². The maximum absolute atomic E-state index is 12.7. The Morgan fingerprint density at radius 3 is 2.61 bits per heavy atom. The van der Waals surface area contributed by atoms with Crippen LogP contribution in [0, 0.1) is 0 Å². The highest BCUT2D eigenvalue weighted by Gasteiger charge is 2.31. The molecule has 2 aromatic heterocycles. The predicted molar refractivity (Wildman–Crippen MR) is 102 cm³/mol. The third kappa shape index (κ3) is 3.62. The molecule has 0 aliphatic carbocycles. The van der Waals surface area contributed by atoms with Crippen molar-refractivity contribution in [1.82, 2.24) is 19.7 Å². The van der Waals surface area contributed by atoms with E-state index in [1.807, 2.05) is 0 Å². The first-order valence-corrected chi connectivity index (χ1v) is 8.83. The fourth-order valence-corrected chi connectivity index (χ4v) is 3.23.